The predicted molar refractivity (Wildman–Crippen MR) is 146 cm³/mol. The fraction of sp³-hybridized carbons (Fsp3) is 0.280. The normalized spacial score (nSPS) is 16.5. The zero-order valence-electron chi connectivity index (χ0n) is 18.8. The van der Waals surface area contributed by atoms with E-state index in [1.165, 1.54) is 5.69 Å². The van der Waals surface area contributed by atoms with Gasteiger partial charge in [-0.3, -0.25) is 4.90 Å². The number of piperazine rings is 1. The minimum Gasteiger partial charge on any atom is -0.391 e. The predicted octanol–water partition coefficient (Wildman–Crippen LogP) is 5.06. The molecule has 176 valence electrons. The Hall–Kier alpha value is -2.40. The van der Waals surface area contributed by atoms with E-state index in [2.05, 4.69) is 67.0 Å². The quantitative estimate of drug-likeness (QED) is 0.187. The molecule has 1 aliphatic heterocycles. The van der Waals surface area contributed by atoms with E-state index in [0.29, 0.717) is 11.0 Å². The summed E-state index contributed by atoms with van der Waals surface area (Å²) in [6.07, 6.45) is 1.48. The Balaban J connectivity index is 1.28. The SMILES string of the molecule is CC(O)[C@@H](I)N1CCN(c2ccc(Nc3ncc4ccc(-c5cccc(Cl)c5)n4n3)cc2)CC1. The molecule has 3 heterocycles. The number of aliphatic hydroxyl groups excluding tert-OH is 1. The Morgan fingerprint density at radius 2 is 1.79 bits per heavy atom. The zero-order valence-corrected chi connectivity index (χ0v) is 21.7. The van der Waals surface area contributed by atoms with Crippen LogP contribution in [-0.2, 0) is 0 Å². The Bertz CT molecular complexity index is 1270. The Morgan fingerprint density at radius 1 is 1.03 bits per heavy atom. The molecule has 1 fully saturated rings. The number of rotatable bonds is 6. The van der Waals surface area contributed by atoms with Crippen LogP contribution in [0.1, 0.15) is 6.92 Å². The van der Waals surface area contributed by atoms with Crippen molar-refractivity contribution in [1.29, 1.82) is 0 Å². The van der Waals surface area contributed by atoms with Crippen LogP contribution >= 0.6 is 34.2 Å². The molecule has 0 radical (unpaired) electrons. The fourth-order valence-electron chi connectivity index (χ4n) is 4.24. The summed E-state index contributed by atoms with van der Waals surface area (Å²) in [6.45, 7) is 5.62. The average Bonchev–Trinajstić information content (AvgIpc) is 3.27. The van der Waals surface area contributed by atoms with Gasteiger partial charge in [-0.25, -0.2) is 9.50 Å². The average molecular weight is 589 g/mol. The second-order valence-corrected chi connectivity index (χ2v) is 10.2. The Kier molecular flexibility index (Phi) is 6.91. The summed E-state index contributed by atoms with van der Waals surface area (Å²) < 4.78 is 2.03. The maximum absolute atomic E-state index is 9.85. The molecule has 2 aromatic heterocycles. The minimum absolute atomic E-state index is 0.156. The van der Waals surface area contributed by atoms with Crippen LogP contribution in [0.15, 0.2) is 66.9 Å². The van der Waals surface area contributed by atoms with Gasteiger partial charge in [0.25, 0.3) is 0 Å². The molecule has 2 N–H and O–H groups in total. The third-order valence-electron chi connectivity index (χ3n) is 6.07. The molecule has 1 saturated heterocycles. The number of benzene rings is 2. The van der Waals surface area contributed by atoms with Gasteiger partial charge in [0.2, 0.25) is 5.95 Å². The number of fused-ring (bicyclic) bond motifs is 1. The molecule has 0 saturated carbocycles. The van der Waals surface area contributed by atoms with Crippen molar-refractivity contribution in [2.24, 2.45) is 0 Å². The molecule has 2 aromatic carbocycles. The second kappa shape index (κ2) is 10.1. The summed E-state index contributed by atoms with van der Waals surface area (Å²) in [6, 6.07) is 20.1. The summed E-state index contributed by atoms with van der Waals surface area (Å²) in [5, 5.41) is 18.6. The van der Waals surface area contributed by atoms with Crippen molar-refractivity contribution in [3.8, 4) is 11.3 Å². The monoisotopic (exact) mass is 588 g/mol. The van der Waals surface area contributed by atoms with Gasteiger partial charge >= 0.3 is 0 Å². The summed E-state index contributed by atoms with van der Waals surface area (Å²) in [5.41, 5.74) is 5.00. The lowest BCUT2D eigenvalue weighted by molar-refractivity contribution is 0.112. The Morgan fingerprint density at radius 3 is 2.50 bits per heavy atom. The minimum atomic E-state index is -0.327. The highest BCUT2D eigenvalue weighted by atomic mass is 127. The first kappa shape index (κ1) is 23.3. The highest BCUT2D eigenvalue weighted by molar-refractivity contribution is 14.1. The fourth-order valence-corrected chi connectivity index (χ4v) is 4.99. The summed E-state index contributed by atoms with van der Waals surface area (Å²) in [5.74, 6) is 0.527. The van der Waals surface area contributed by atoms with Crippen molar-refractivity contribution < 1.29 is 5.11 Å². The first-order chi connectivity index (χ1) is 16.5. The van der Waals surface area contributed by atoms with Gasteiger partial charge in [-0.1, -0.05) is 46.3 Å². The molecular formula is C25H26ClIN6O. The van der Waals surface area contributed by atoms with Gasteiger partial charge in [-0.05, 0) is 55.5 Å². The van der Waals surface area contributed by atoms with E-state index < -0.39 is 0 Å². The van der Waals surface area contributed by atoms with Crippen LogP contribution in [0.25, 0.3) is 16.8 Å². The van der Waals surface area contributed by atoms with Gasteiger partial charge in [0, 0.05) is 48.1 Å². The summed E-state index contributed by atoms with van der Waals surface area (Å²) in [4.78, 5) is 9.19. The van der Waals surface area contributed by atoms with Crippen molar-refractivity contribution in [2.45, 2.75) is 17.1 Å². The van der Waals surface area contributed by atoms with Crippen LogP contribution in [0.4, 0.5) is 17.3 Å². The lowest BCUT2D eigenvalue weighted by Crippen LogP contribution is -2.51. The van der Waals surface area contributed by atoms with Crippen LogP contribution in [0.3, 0.4) is 0 Å². The van der Waals surface area contributed by atoms with Crippen molar-refractivity contribution in [1.82, 2.24) is 19.5 Å². The first-order valence-corrected chi connectivity index (χ1v) is 12.9. The van der Waals surface area contributed by atoms with Gasteiger partial charge in [0.05, 0.1) is 27.6 Å². The van der Waals surface area contributed by atoms with Crippen LogP contribution in [0.5, 0.6) is 0 Å². The zero-order chi connectivity index (χ0) is 23.7. The molecule has 34 heavy (non-hydrogen) atoms. The van der Waals surface area contributed by atoms with Crippen molar-refractivity contribution >= 4 is 57.0 Å². The molecule has 0 spiro atoms. The van der Waals surface area contributed by atoms with Crippen molar-refractivity contribution in [3.05, 3.63) is 71.9 Å². The van der Waals surface area contributed by atoms with E-state index in [9.17, 15) is 5.11 Å². The largest absolute Gasteiger partial charge is 0.391 e. The van der Waals surface area contributed by atoms with Gasteiger partial charge in [0.15, 0.2) is 0 Å². The number of hydrogen-bond acceptors (Lipinski definition) is 6. The van der Waals surface area contributed by atoms with Crippen LogP contribution < -0.4 is 10.2 Å². The van der Waals surface area contributed by atoms with Crippen LogP contribution in [0, 0.1) is 0 Å². The molecule has 7 nitrogen and oxygen atoms in total. The molecule has 5 rings (SSSR count). The number of aliphatic hydroxyl groups is 1. The Labute approximate surface area is 217 Å². The first-order valence-electron chi connectivity index (χ1n) is 11.3. The topological polar surface area (TPSA) is 68.9 Å². The summed E-state index contributed by atoms with van der Waals surface area (Å²) in [7, 11) is 0. The number of nitrogens with zero attached hydrogens (tertiary/aromatic N) is 5. The molecule has 0 aliphatic carbocycles. The second-order valence-electron chi connectivity index (χ2n) is 8.46. The van der Waals surface area contributed by atoms with Gasteiger partial charge < -0.3 is 15.3 Å². The number of aromatic nitrogens is 3. The highest BCUT2D eigenvalue weighted by Crippen LogP contribution is 2.26. The third kappa shape index (κ3) is 5.00. The van der Waals surface area contributed by atoms with Gasteiger partial charge in [-0.15, -0.1) is 5.10 Å². The van der Waals surface area contributed by atoms with E-state index in [1.54, 1.807) is 0 Å². The maximum atomic E-state index is 9.85. The van der Waals surface area contributed by atoms with E-state index in [-0.39, 0.29) is 10.2 Å². The van der Waals surface area contributed by atoms with E-state index >= 15 is 0 Å². The van der Waals surface area contributed by atoms with E-state index in [0.717, 1.165) is 48.6 Å². The van der Waals surface area contributed by atoms with E-state index in [1.807, 2.05) is 54.0 Å². The lowest BCUT2D eigenvalue weighted by atomic mass is 10.2. The molecule has 0 amide bonds. The van der Waals surface area contributed by atoms with Crippen LogP contribution in [0.2, 0.25) is 5.02 Å². The summed E-state index contributed by atoms with van der Waals surface area (Å²) >= 11 is 8.51. The van der Waals surface area contributed by atoms with Crippen molar-refractivity contribution in [2.75, 3.05) is 36.4 Å². The van der Waals surface area contributed by atoms with Crippen molar-refractivity contribution in [3.63, 3.8) is 0 Å². The molecule has 4 aromatic rings. The number of anilines is 3. The molecule has 0 bridgehead atoms. The van der Waals surface area contributed by atoms with Gasteiger partial charge in [0.1, 0.15) is 0 Å². The third-order valence-corrected chi connectivity index (χ3v) is 8.13. The smallest absolute Gasteiger partial charge is 0.245 e. The number of nitrogens with one attached hydrogen (secondary N) is 1. The lowest BCUT2D eigenvalue weighted by Gasteiger charge is -2.39. The standard InChI is InChI=1S/C25H26ClIN6O/c1-17(34)24(27)32-13-11-31(12-14-32)21-7-5-20(6-8-21)29-25-28-16-22-9-10-23(33(22)30-25)18-3-2-4-19(26)15-18/h2-10,15-17,24,34H,11-14H2,1H3,(H,29,30)/t17?,24-/m0/s1. The highest BCUT2D eigenvalue weighted by Gasteiger charge is 2.24. The molecule has 1 aliphatic rings. The molecule has 2 atom stereocenters. The van der Waals surface area contributed by atoms with Crippen LogP contribution in [-0.4, -0.2) is 60.9 Å². The number of hydrogen-bond donors (Lipinski definition) is 2. The molecule has 1 unspecified atom stereocenters. The van der Waals surface area contributed by atoms with E-state index in [4.69, 9.17) is 16.7 Å². The maximum Gasteiger partial charge on any atom is 0.245 e. The van der Waals surface area contributed by atoms with Gasteiger partial charge in [-0.2, -0.15) is 0 Å². The molecule has 9 heteroatoms. The molecular weight excluding hydrogens is 563 g/mol. The number of alkyl halides is 1. The number of halogens is 2.